The number of esters is 1. The fraction of sp³-hybridized carbons (Fsp3) is 0.160. The van der Waals surface area contributed by atoms with Gasteiger partial charge in [-0.3, -0.25) is 9.98 Å². The van der Waals surface area contributed by atoms with Crippen LogP contribution in [-0.4, -0.2) is 41.3 Å². The van der Waals surface area contributed by atoms with E-state index in [9.17, 15) is 15.0 Å². The number of benzene rings is 2. The maximum atomic E-state index is 11.9. The molecule has 0 aliphatic rings. The number of aliphatic imine (C=N–C) groups is 2. The summed E-state index contributed by atoms with van der Waals surface area (Å²) in [6.07, 6.45) is 7.44. The second-order valence-corrected chi connectivity index (χ2v) is 6.74. The van der Waals surface area contributed by atoms with Gasteiger partial charge < -0.3 is 19.4 Å². The van der Waals surface area contributed by atoms with Crippen LogP contribution in [0, 0.1) is 0 Å². The van der Waals surface area contributed by atoms with E-state index in [1.807, 2.05) is 0 Å². The zero-order chi connectivity index (χ0) is 22.8. The Kier molecular flexibility index (Phi) is 7.97. The molecule has 0 saturated heterocycles. The highest BCUT2D eigenvalue weighted by molar-refractivity contribution is 5.85. The van der Waals surface area contributed by atoms with Gasteiger partial charge in [0.2, 0.25) is 0 Å². The van der Waals surface area contributed by atoms with E-state index in [1.165, 1.54) is 24.8 Å². The molecule has 3 rings (SSSR count). The summed E-state index contributed by atoms with van der Waals surface area (Å²) in [6, 6.07) is 15.8. The van der Waals surface area contributed by atoms with Crippen LogP contribution in [0.15, 0.2) is 93.5 Å². The van der Waals surface area contributed by atoms with Crippen molar-refractivity contribution < 1.29 is 24.2 Å². The summed E-state index contributed by atoms with van der Waals surface area (Å²) in [4.78, 5) is 21.1. The van der Waals surface area contributed by atoms with Crippen LogP contribution in [0.4, 0.5) is 0 Å². The van der Waals surface area contributed by atoms with E-state index in [0.29, 0.717) is 16.9 Å². The van der Waals surface area contributed by atoms with Crippen molar-refractivity contribution in [3.63, 3.8) is 0 Å². The molecule has 1 aromatic heterocycles. The van der Waals surface area contributed by atoms with E-state index in [2.05, 4.69) is 9.98 Å². The van der Waals surface area contributed by atoms with E-state index >= 15 is 0 Å². The first-order chi connectivity index (χ1) is 15.6. The Balaban J connectivity index is 1.99. The Labute approximate surface area is 186 Å². The maximum absolute atomic E-state index is 11.9. The predicted molar refractivity (Wildman–Crippen MR) is 122 cm³/mol. The van der Waals surface area contributed by atoms with E-state index in [-0.39, 0.29) is 18.1 Å². The highest BCUT2D eigenvalue weighted by Gasteiger charge is 2.22. The second-order valence-electron chi connectivity index (χ2n) is 6.74. The van der Waals surface area contributed by atoms with Crippen LogP contribution < -0.4 is 0 Å². The van der Waals surface area contributed by atoms with Crippen LogP contribution >= 0.6 is 0 Å². The number of hydrogen-bond acceptors (Lipinski definition) is 7. The molecule has 0 spiro atoms. The molecule has 0 saturated carbocycles. The SMILES string of the molecule is CCOC(=O)/C=C/[C@H](N=Cc1ccccc1O)[C@@H](N=Cc1ccccc1O)c1ccco1. The molecule has 0 aliphatic heterocycles. The Bertz CT molecular complexity index is 1100. The van der Waals surface area contributed by atoms with Crippen LogP contribution in [0.5, 0.6) is 11.5 Å². The largest absolute Gasteiger partial charge is 0.507 e. The lowest BCUT2D eigenvalue weighted by atomic mass is 10.1. The normalized spacial score (nSPS) is 13.7. The van der Waals surface area contributed by atoms with E-state index in [0.717, 1.165) is 0 Å². The van der Waals surface area contributed by atoms with Gasteiger partial charge >= 0.3 is 5.97 Å². The van der Waals surface area contributed by atoms with Crippen LogP contribution in [0.3, 0.4) is 0 Å². The number of hydrogen-bond donors (Lipinski definition) is 2. The van der Waals surface area contributed by atoms with Gasteiger partial charge in [-0.1, -0.05) is 30.3 Å². The van der Waals surface area contributed by atoms with Gasteiger partial charge in [-0.25, -0.2) is 4.79 Å². The lowest BCUT2D eigenvalue weighted by molar-refractivity contribution is -0.137. The summed E-state index contributed by atoms with van der Waals surface area (Å²) in [5.41, 5.74) is 1.05. The van der Waals surface area contributed by atoms with E-state index < -0.39 is 18.1 Å². The number of phenols is 2. The summed E-state index contributed by atoms with van der Waals surface area (Å²) < 4.78 is 10.6. The summed E-state index contributed by atoms with van der Waals surface area (Å²) >= 11 is 0. The van der Waals surface area contributed by atoms with Gasteiger partial charge in [0.1, 0.15) is 23.3 Å². The van der Waals surface area contributed by atoms with Gasteiger partial charge in [-0.05, 0) is 43.3 Å². The van der Waals surface area contributed by atoms with Crippen LogP contribution in [0.25, 0.3) is 0 Å². The lowest BCUT2D eigenvalue weighted by Gasteiger charge is -2.16. The first-order valence-corrected chi connectivity index (χ1v) is 10.1. The third-order valence-electron chi connectivity index (χ3n) is 4.51. The number of ether oxygens (including phenoxy) is 1. The van der Waals surface area contributed by atoms with Crippen molar-refractivity contribution in [1.29, 1.82) is 0 Å². The molecule has 0 aliphatic carbocycles. The average molecular weight is 432 g/mol. The number of carbonyl (C=O) groups excluding carboxylic acids is 1. The van der Waals surface area contributed by atoms with Crippen molar-refractivity contribution in [2.24, 2.45) is 9.98 Å². The summed E-state index contributed by atoms with van der Waals surface area (Å²) in [5.74, 6) is 0.185. The van der Waals surface area contributed by atoms with Crippen molar-refractivity contribution in [2.45, 2.75) is 19.0 Å². The minimum Gasteiger partial charge on any atom is -0.507 e. The Morgan fingerprint density at radius 2 is 1.59 bits per heavy atom. The molecule has 7 nitrogen and oxygen atoms in total. The fourth-order valence-corrected chi connectivity index (χ4v) is 2.91. The van der Waals surface area contributed by atoms with Crippen molar-refractivity contribution in [1.82, 2.24) is 0 Å². The van der Waals surface area contributed by atoms with Crippen LogP contribution in [-0.2, 0) is 9.53 Å². The van der Waals surface area contributed by atoms with Gasteiger partial charge in [-0.15, -0.1) is 0 Å². The molecule has 0 unspecified atom stereocenters. The van der Waals surface area contributed by atoms with Gasteiger partial charge in [0.15, 0.2) is 0 Å². The summed E-state index contributed by atoms with van der Waals surface area (Å²) in [6.45, 7) is 1.98. The number of furan rings is 1. The van der Waals surface area contributed by atoms with Gasteiger partial charge in [0, 0.05) is 29.6 Å². The van der Waals surface area contributed by atoms with Crippen molar-refractivity contribution in [2.75, 3.05) is 6.61 Å². The molecule has 2 aromatic carbocycles. The maximum Gasteiger partial charge on any atom is 0.330 e. The zero-order valence-corrected chi connectivity index (χ0v) is 17.5. The molecule has 3 aromatic rings. The standard InChI is InChI=1S/C25H24N2O5/c1-2-31-24(30)14-13-20(26-16-18-8-3-5-10-21(18)28)25(23-12-7-15-32-23)27-17-19-9-4-6-11-22(19)29/h3-17,20,25,28-29H,2H2,1H3/b14-13+,26-16?,27-17?/t20-,25+/m0/s1. The van der Waals surface area contributed by atoms with E-state index in [1.54, 1.807) is 73.7 Å². The Hall–Kier alpha value is -4.13. The first-order valence-electron chi connectivity index (χ1n) is 10.1. The quantitative estimate of drug-likeness (QED) is 0.295. The van der Waals surface area contributed by atoms with Gasteiger partial charge in [0.25, 0.3) is 0 Å². The molecule has 2 atom stereocenters. The highest BCUT2D eigenvalue weighted by atomic mass is 16.5. The minimum absolute atomic E-state index is 0.0802. The van der Waals surface area contributed by atoms with Gasteiger partial charge in [-0.2, -0.15) is 0 Å². The Morgan fingerprint density at radius 1 is 0.969 bits per heavy atom. The molecule has 0 radical (unpaired) electrons. The summed E-state index contributed by atoms with van der Waals surface area (Å²) in [7, 11) is 0. The lowest BCUT2D eigenvalue weighted by Crippen LogP contribution is -2.14. The number of nitrogens with zero attached hydrogens (tertiary/aromatic N) is 2. The van der Waals surface area contributed by atoms with Crippen LogP contribution in [0.2, 0.25) is 0 Å². The third kappa shape index (κ3) is 6.18. The second kappa shape index (κ2) is 11.3. The molecule has 0 bridgehead atoms. The predicted octanol–water partition coefficient (Wildman–Crippen LogP) is 4.46. The summed E-state index contributed by atoms with van der Waals surface area (Å²) in [5, 5.41) is 20.1. The molecule has 7 heteroatoms. The highest BCUT2D eigenvalue weighted by Crippen LogP contribution is 2.27. The molecule has 32 heavy (non-hydrogen) atoms. The molecule has 0 fully saturated rings. The zero-order valence-electron chi connectivity index (χ0n) is 17.5. The number of aromatic hydroxyl groups is 2. The molecule has 164 valence electrons. The monoisotopic (exact) mass is 432 g/mol. The number of phenolic OH excluding ortho intramolecular Hbond substituents is 2. The number of rotatable bonds is 9. The molecule has 1 heterocycles. The topological polar surface area (TPSA) is 105 Å². The van der Waals surface area contributed by atoms with E-state index in [4.69, 9.17) is 9.15 Å². The third-order valence-corrected chi connectivity index (χ3v) is 4.51. The smallest absolute Gasteiger partial charge is 0.330 e. The number of para-hydroxylation sites is 2. The molecular formula is C25H24N2O5. The van der Waals surface area contributed by atoms with Crippen LogP contribution in [0.1, 0.15) is 29.9 Å². The Morgan fingerprint density at radius 3 is 2.16 bits per heavy atom. The van der Waals surface area contributed by atoms with Crippen molar-refractivity contribution >= 4 is 18.4 Å². The van der Waals surface area contributed by atoms with Gasteiger partial charge in [0.05, 0.1) is 18.9 Å². The van der Waals surface area contributed by atoms with Crippen molar-refractivity contribution in [3.05, 3.63) is 96.0 Å². The molecule has 0 amide bonds. The average Bonchev–Trinajstić information content (AvgIpc) is 3.32. The first kappa shape index (κ1) is 22.6. The molecular weight excluding hydrogens is 408 g/mol. The molecule has 2 N–H and O–H groups in total. The van der Waals surface area contributed by atoms with Crippen molar-refractivity contribution in [3.8, 4) is 11.5 Å². The minimum atomic E-state index is -0.660. The number of carbonyl (C=O) groups is 1. The fourth-order valence-electron chi connectivity index (χ4n) is 2.91.